The molecule has 10 nitrogen and oxygen atoms in total. The largest absolute Gasteiger partial charge is 0.465 e. The average molecular weight is 568 g/mol. The van der Waals surface area contributed by atoms with Gasteiger partial charge in [-0.2, -0.15) is 5.10 Å². The maximum Gasteiger partial charge on any atom is 0.339 e. The molecule has 1 aliphatic heterocycles. The van der Waals surface area contributed by atoms with Crippen LogP contribution < -0.4 is 5.32 Å². The highest BCUT2D eigenvalue weighted by molar-refractivity contribution is 6.02. The van der Waals surface area contributed by atoms with Gasteiger partial charge in [0, 0.05) is 37.9 Å². The summed E-state index contributed by atoms with van der Waals surface area (Å²) in [5.41, 5.74) is 4.44. The lowest BCUT2D eigenvalue weighted by molar-refractivity contribution is -0.139. The summed E-state index contributed by atoms with van der Waals surface area (Å²) in [5.74, 6) is -1.24. The van der Waals surface area contributed by atoms with E-state index >= 15 is 0 Å². The summed E-state index contributed by atoms with van der Waals surface area (Å²) in [6.07, 6.45) is 3.33. The zero-order valence-corrected chi connectivity index (χ0v) is 23.4. The first-order chi connectivity index (χ1) is 20.5. The SMILES string of the molecule is COC(=O)c1cc(-c2cn[nH]c2)ccc1NC(=O)COCC(=O)N1CCN(C(c2ccccc2)c2ccccc2)CC1. The van der Waals surface area contributed by atoms with Gasteiger partial charge < -0.3 is 19.7 Å². The molecule has 10 heteroatoms. The number of nitrogens with one attached hydrogen (secondary N) is 2. The minimum Gasteiger partial charge on any atom is -0.465 e. The second-order valence-electron chi connectivity index (χ2n) is 9.92. The van der Waals surface area contributed by atoms with Crippen molar-refractivity contribution in [2.45, 2.75) is 6.04 Å². The summed E-state index contributed by atoms with van der Waals surface area (Å²) in [6.45, 7) is 2.01. The molecule has 1 fully saturated rings. The van der Waals surface area contributed by atoms with Crippen molar-refractivity contribution in [2.75, 3.05) is 51.8 Å². The molecule has 1 saturated heterocycles. The number of hydrogen-bond acceptors (Lipinski definition) is 7. The molecule has 2 N–H and O–H groups in total. The third-order valence-corrected chi connectivity index (χ3v) is 7.25. The van der Waals surface area contributed by atoms with E-state index in [2.05, 4.69) is 44.7 Å². The summed E-state index contributed by atoms with van der Waals surface area (Å²) < 4.78 is 10.3. The van der Waals surface area contributed by atoms with Crippen LogP contribution in [0.5, 0.6) is 0 Å². The smallest absolute Gasteiger partial charge is 0.339 e. The van der Waals surface area contributed by atoms with Crippen LogP contribution in [0.15, 0.2) is 91.3 Å². The fraction of sp³-hybridized carbons (Fsp3) is 0.250. The van der Waals surface area contributed by atoms with Crippen molar-refractivity contribution in [3.05, 3.63) is 108 Å². The number of esters is 1. The van der Waals surface area contributed by atoms with E-state index in [4.69, 9.17) is 9.47 Å². The van der Waals surface area contributed by atoms with Crippen molar-refractivity contribution in [3.8, 4) is 11.1 Å². The molecule has 42 heavy (non-hydrogen) atoms. The molecule has 1 aromatic heterocycles. The van der Waals surface area contributed by atoms with Gasteiger partial charge in [0.1, 0.15) is 13.2 Å². The van der Waals surface area contributed by atoms with E-state index in [-0.39, 0.29) is 36.4 Å². The van der Waals surface area contributed by atoms with E-state index < -0.39 is 11.9 Å². The first-order valence-corrected chi connectivity index (χ1v) is 13.7. The van der Waals surface area contributed by atoms with Crippen LogP contribution in [0, 0.1) is 0 Å². The van der Waals surface area contributed by atoms with Crippen LogP contribution in [-0.2, 0) is 19.1 Å². The molecular formula is C32H33N5O5. The summed E-state index contributed by atoms with van der Waals surface area (Å²) in [5, 5.41) is 9.33. The first kappa shape index (κ1) is 28.7. The topological polar surface area (TPSA) is 117 Å². The fourth-order valence-corrected chi connectivity index (χ4v) is 5.14. The number of ether oxygens (including phenoxy) is 2. The minimum absolute atomic E-state index is 0.105. The number of nitrogens with zero attached hydrogens (tertiary/aromatic N) is 3. The third kappa shape index (κ3) is 6.91. The number of methoxy groups -OCH3 is 1. The number of aromatic amines is 1. The quantitative estimate of drug-likeness (QED) is 0.280. The van der Waals surface area contributed by atoms with Crippen LogP contribution in [0.3, 0.4) is 0 Å². The molecule has 0 unspecified atom stereocenters. The minimum atomic E-state index is -0.590. The molecule has 2 heterocycles. The molecule has 0 aliphatic carbocycles. The van der Waals surface area contributed by atoms with Gasteiger partial charge in [-0.15, -0.1) is 0 Å². The van der Waals surface area contributed by atoms with Gasteiger partial charge in [-0.05, 0) is 28.8 Å². The number of benzene rings is 3. The first-order valence-electron chi connectivity index (χ1n) is 13.7. The lowest BCUT2D eigenvalue weighted by atomic mass is 9.96. The Hall–Kier alpha value is -4.80. The highest BCUT2D eigenvalue weighted by Crippen LogP contribution is 2.29. The summed E-state index contributed by atoms with van der Waals surface area (Å²) in [7, 11) is 1.27. The molecule has 2 amide bonds. The Morgan fingerprint density at radius 1 is 0.881 bits per heavy atom. The Labute approximate surface area is 244 Å². The van der Waals surface area contributed by atoms with E-state index in [1.165, 1.54) is 18.2 Å². The molecule has 4 aromatic rings. The summed E-state index contributed by atoms with van der Waals surface area (Å²) in [6, 6.07) is 25.9. The summed E-state index contributed by atoms with van der Waals surface area (Å²) in [4.78, 5) is 42.0. The number of H-pyrrole nitrogens is 1. The zero-order chi connectivity index (χ0) is 29.3. The van der Waals surface area contributed by atoms with Gasteiger partial charge in [0.15, 0.2) is 0 Å². The monoisotopic (exact) mass is 567 g/mol. The normalized spacial score (nSPS) is 13.6. The van der Waals surface area contributed by atoms with Crippen molar-refractivity contribution in [1.29, 1.82) is 0 Å². The predicted molar refractivity (Wildman–Crippen MR) is 158 cm³/mol. The molecule has 0 bridgehead atoms. The van der Waals surface area contributed by atoms with Crippen molar-refractivity contribution in [1.82, 2.24) is 20.0 Å². The number of aromatic nitrogens is 2. The molecular weight excluding hydrogens is 534 g/mol. The highest BCUT2D eigenvalue weighted by atomic mass is 16.5. The van der Waals surface area contributed by atoms with E-state index in [1.807, 2.05) is 36.4 Å². The number of anilines is 1. The van der Waals surface area contributed by atoms with E-state index in [9.17, 15) is 14.4 Å². The molecule has 0 spiro atoms. The van der Waals surface area contributed by atoms with Crippen molar-refractivity contribution in [3.63, 3.8) is 0 Å². The molecule has 3 aromatic carbocycles. The predicted octanol–water partition coefficient (Wildman–Crippen LogP) is 3.75. The molecule has 5 rings (SSSR count). The molecule has 1 aliphatic rings. The number of piperazine rings is 1. The maximum atomic E-state index is 12.9. The number of hydrogen-bond donors (Lipinski definition) is 2. The van der Waals surface area contributed by atoms with Crippen LogP contribution in [0.1, 0.15) is 27.5 Å². The molecule has 0 radical (unpaired) electrons. The van der Waals surface area contributed by atoms with Crippen LogP contribution >= 0.6 is 0 Å². The Balaban J connectivity index is 1.13. The lowest BCUT2D eigenvalue weighted by Gasteiger charge is -2.39. The van der Waals surface area contributed by atoms with Gasteiger partial charge in [0.2, 0.25) is 11.8 Å². The Kier molecular flexibility index (Phi) is 9.37. The van der Waals surface area contributed by atoms with Gasteiger partial charge in [0.05, 0.1) is 30.6 Å². The molecule has 216 valence electrons. The number of rotatable bonds is 10. The van der Waals surface area contributed by atoms with Crippen LogP contribution in [0.4, 0.5) is 5.69 Å². The van der Waals surface area contributed by atoms with Gasteiger partial charge in [-0.25, -0.2) is 4.79 Å². The lowest BCUT2D eigenvalue weighted by Crippen LogP contribution is -2.50. The average Bonchev–Trinajstić information content (AvgIpc) is 3.58. The molecule has 0 saturated carbocycles. The Morgan fingerprint density at radius 3 is 2.14 bits per heavy atom. The van der Waals surface area contributed by atoms with Gasteiger partial charge >= 0.3 is 5.97 Å². The second kappa shape index (κ2) is 13.7. The standard InChI is InChI=1S/C32H33N5O5/c1-41-32(40)27-18-25(26-19-33-34-20-26)12-13-28(27)35-29(38)21-42-22-30(39)36-14-16-37(17-15-36)31(23-8-4-2-5-9-23)24-10-6-3-7-11-24/h2-13,18-20,31H,14-17,21-22H2,1H3,(H,33,34)(H,35,38). The zero-order valence-electron chi connectivity index (χ0n) is 23.4. The maximum absolute atomic E-state index is 12.9. The Bertz CT molecular complexity index is 1450. The number of amides is 2. The second-order valence-corrected chi connectivity index (χ2v) is 9.92. The number of carbonyl (C=O) groups excluding carboxylic acids is 3. The van der Waals surface area contributed by atoms with E-state index in [0.717, 1.165) is 11.1 Å². The van der Waals surface area contributed by atoms with Crippen molar-refractivity contribution in [2.24, 2.45) is 0 Å². The van der Waals surface area contributed by atoms with Crippen LogP contribution in [0.2, 0.25) is 0 Å². The van der Waals surface area contributed by atoms with Gasteiger partial charge in [-0.1, -0.05) is 66.7 Å². The van der Waals surface area contributed by atoms with Crippen LogP contribution in [0.25, 0.3) is 11.1 Å². The summed E-state index contributed by atoms with van der Waals surface area (Å²) >= 11 is 0. The van der Waals surface area contributed by atoms with Gasteiger partial charge in [0.25, 0.3) is 0 Å². The Morgan fingerprint density at radius 2 is 1.55 bits per heavy atom. The number of carbonyl (C=O) groups is 3. The van der Waals surface area contributed by atoms with Crippen molar-refractivity contribution < 1.29 is 23.9 Å². The van der Waals surface area contributed by atoms with Crippen LogP contribution in [-0.4, -0.2) is 84.3 Å². The van der Waals surface area contributed by atoms with Gasteiger partial charge in [-0.3, -0.25) is 19.6 Å². The van der Waals surface area contributed by atoms with E-state index in [1.54, 1.807) is 35.5 Å². The van der Waals surface area contributed by atoms with E-state index in [0.29, 0.717) is 26.2 Å². The third-order valence-electron chi connectivity index (χ3n) is 7.25. The van der Waals surface area contributed by atoms with Crippen molar-refractivity contribution >= 4 is 23.5 Å². The highest BCUT2D eigenvalue weighted by Gasteiger charge is 2.28. The fourth-order valence-electron chi connectivity index (χ4n) is 5.14. The molecule has 0 atom stereocenters.